The molecule has 15 heteroatoms. The van der Waals surface area contributed by atoms with Crippen molar-refractivity contribution in [3.63, 3.8) is 0 Å². The van der Waals surface area contributed by atoms with Crippen LogP contribution in [0, 0.1) is 11.7 Å². The monoisotopic (exact) mass is 598 g/mol. The van der Waals surface area contributed by atoms with Crippen LogP contribution in [0.3, 0.4) is 0 Å². The van der Waals surface area contributed by atoms with E-state index in [-0.39, 0.29) is 43.5 Å². The summed E-state index contributed by atoms with van der Waals surface area (Å²) >= 11 is 0. The topological polar surface area (TPSA) is 115 Å². The molecule has 228 valence electrons. The molecule has 3 amide bonds. The number of alkyl halides is 4. The standard InChI is InChI=1S/C27H31F5N6O4/c1-3-38-23(17(29)11-33-38)24(39)36-22(14-4-7-16(28)8-5-14)25-34-18-10-15(6-9-20(18)42-25)19(13-41-2)37-12-21(27(30,31)32)35-26(37)40/h6,9-11,14,16,19,21-22H,3-5,7-8,12-13H2,1-2H3,(H,35,40)(H,36,39)/t14?,16?,19-,21+,22+/m1/s1. The first kappa shape index (κ1) is 29.7. The first-order chi connectivity index (χ1) is 20.0. The van der Waals surface area contributed by atoms with E-state index in [1.165, 1.54) is 11.8 Å². The zero-order valence-corrected chi connectivity index (χ0v) is 23.0. The number of ether oxygens (including phenoxy) is 1. The van der Waals surface area contributed by atoms with Crippen LogP contribution in [0.2, 0.25) is 0 Å². The summed E-state index contributed by atoms with van der Waals surface area (Å²) in [5.41, 5.74) is 0.879. The van der Waals surface area contributed by atoms with Crippen LogP contribution in [-0.2, 0) is 11.3 Å². The summed E-state index contributed by atoms with van der Waals surface area (Å²) in [6, 6.07) is 0.221. The minimum Gasteiger partial charge on any atom is -0.438 e. The van der Waals surface area contributed by atoms with Gasteiger partial charge in [-0.15, -0.1) is 0 Å². The molecule has 1 saturated carbocycles. The lowest BCUT2D eigenvalue weighted by Crippen LogP contribution is -2.40. The number of urea groups is 1. The average molecular weight is 599 g/mol. The van der Waals surface area contributed by atoms with E-state index in [0.29, 0.717) is 29.5 Å². The van der Waals surface area contributed by atoms with Gasteiger partial charge in [-0.25, -0.2) is 18.6 Å². The quantitative estimate of drug-likeness (QED) is 0.341. The summed E-state index contributed by atoms with van der Waals surface area (Å²) in [7, 11) is 1.38. The van der Waals surface area contributed by atoms with Crippen LogP contribution in [0.4, 0.5) is 26.7 Å². The Morgan fingerprint density at radius 3 is 2.64 bits per heavy atom. The van der Waals surface area contributed by atoms with E-state index in [9.17, 15) is 31.5 Å². The number of aromatic nitrogens is 3. The number of rotatable bonds is 9. The number of benzene rings is 1. The number of methoxy groups -OCH3 is 1. The smallest absolute Gasteiger partial charge is 0.410 e. The molecule has 1 aromatic carbocycles. The maximum atomic E-state index is 14.5. The molecule has 0 bridgehead atoms. The molecule has 1 saturated heterocycles. The highest BCUT2D eigenvalue weighted by molar-refractivity contribution is 5.93. The van der Waals surface area contributed by atoms with Gasteiger partial charge in [0.25, 0.3) is 5.91 Å². The van der Waals surface area contributed by atoms with Gasteiger partial charge in [-0.3, -0.25) is 9.48 Å². The Labute approximate surface area is 237 Å². The van der Waals surface area contributed by atoms with E-state index in [1.54, 1.807) is 25.1 Å². The van der Waals surface area contributed by atoms with Crippen LogP contribution in [0.1, 0.15) is 66.6 Å². The fourth-order valence-electron chi connectivity index (χ4n) is 5.67. The lowest BCUT2D eigenvalue weighted by Gasteiger charge is -2.30. The van der Waals surface area contributed by atoms with Gasteiger partial charge in [-0.2, -0.15) is 18.3 Å². The highest BCUT2D eigenvalue weighted by Gasteiger charge is 2.48. The molecule has 5 rings (SSSR count). The Morgan fingerprint density at radius 1 is 1.26 bits per heavy atom. The summed E-state index contributed by atoms with van der Waals surface area (Å²) < 4.78 is 80.8. The second-order valence-electron chi connectivity index (χ2n) is 10.6. The van der Waals surface area contributed by atoms with Gasteiger partial charge in [-0.1, -0.05) is 6.07 Å². The molecule has 3 atom stereocenters. The molecule has 3 aromatic rings. The highest BCUT2D eigenvalue weighted by Crippen LogP contribution is 2.37. The van der Waals surface area contributed by atoms with Gasteiger partial charge in [0, 0.05) is 13.7 Å². The van der Waals surface area contributed by atoms with Gasteiger partial charge >= 0.3 is 12.2 Å². The Kier molecular flexibility index (Phi) is 8.39. The Hall–Kier alpha value is -3.75. The van der Waals surface area contributed by atoms with Crippen LogP contribution in [0.15, 0.2) is 28.8 Å². The number of hydrogen-bond acceptors (Lipinski definition) is 6. The van der Waals surface area contributed by atoms with Crippen LogP contribution < -0.4 is 10.6 Å². The summed E-state index contributed by atoms with van der Waals surface area (Å²) in [6.07, 6.45) is -3.16. The van der Waals surface area contributed by atoms with Gasteiger partial charge in [-0.05, 0) is 56.2 Å². The maximum Gasteiger partial charge on any atom is 0.410 e. The molecular weight excluding hydrogens is 567 g/mol. The number of aryl methyl sites for hydroxylation is 1. The van der Waals surface area contributed by atoms with Crippen molar-refractivity contribution >= 4 is 23.0 Å². The summed E-state index contributed by atoms with van der Waals surface area (Å²) in [5, 5.41) is 8.66. The van der Waals surface area contributed by atoms with E-state index < -0.39 is 54.8 Å². The molecular formula is C27H31F5N6O4. The lowest BCUT2D eigenvalue weighted by atomic mass is 9.83. The third-order valence-corrected chi connectivity index (χ3v) is 7.88. The number of hydrogen-bond donors (Lipinski definition) is 2. The molecule has 0 radical (unpaired) electrons. The van der Waals surface area contributed by atoms with Crippen molar-refractivity contribution in [3.05, 3.63) is 47.4 Å². The zero-order valence-electron chi connectivity index (χ0n) is 23.0. The second kappa shape index (κ2) is 11.9. The second-order valence-corrected chi connectivity index (χ2v) is 10.6. The zero-order chi connectivity index (χ0) is 30.2. The molecule has 2 N–H and O–H groups in total. The Morgan fingerprint density at radius 2 is 2.00 bits per heavy atom. The third kappa shape index (κ3) is 5.92. The number of carbonyl (C=O) groups is 2. The molecule has 1 aliphatic heterocycles. The summed E-state index contributed by atoms with van der Waals surface area (Å²) in [4.78, 5) is 31.3. The fraction of sp³-hybridized carbons (Fsp3) is 0.556. The van der Waals surface area contributed by atoms with Crippen molar-refractivity contribution in [1.82, 2.24) is 30.3 Å². The molecule has 1 aliphatic carbocycles. The number of oxazole rings is 1. The predicted molar refractivity (Wildman–Crippen MR) is 139 cm³/mol. The number of carbonyl (C=O) groups excluding carboxylic acids is 2. The minimum atomic E-state index is -4.61. The fourth-order valence-corrected chi connectivity index (χ4v) is 5.67. The van der Waals surface area contributed by atoms with Crippen molar-refractivity contribution in [2.24, 2.45) is 5.92 Å². The third-order valence-electron chi connectivity index (χ3n) is 7.88. The van der Waals surface area contributed by atoms with Crippen molar-refractivity contribution in [2.45, 2.75) is 69.6 Å². The van der Waals surface area contributed by atoms with Gasteiger partial charge in [0.05, 0.1) is 25.4 Å². The van der Waals surface area contributed by atoms with Crippen molar-refractivity contribution < 1.29 is 40.7 Å². The number of nitrogens with one attached hydrogen (secondary N) is 2. The molecule has 2 aromatic heterocycles. The molecule has 3 heterocycles. The molecule has 10 nitrogen and oxygen atoms in total. The van der Waals surface area contributed by atoms with Gasteiger partial charge in [0.15, 0.2) is 17.1 Å². The van der Waals surface area contributed by atoms with Gasteiger partial charge < -0.3 is 24.7 Å². The van der Waals surface area contributed by atoms with E-state index >= 15 is 0 Å². The summed E-state index contributed by atoms with van der Waals surface area (Å²) in [5.74, 6) is -1.63. The first-order valence-corrected chi connectivity index (χ1v) is 13.7. The predicted octanol–water partition coefficient (Wildman–Crippen LogP) is 4.83. The number of nitrogens with zero attached hydrogens (tertiary/aromatic N) is 4. The molecule has 0 spiro atoms. The largest absolute Gasteiger partial charge is 0.438 e. The van der Waals surface area contributed by atoms with E-state index in [2.05, 4.69) is 15.4 Å². The highest BCUT2D eigenvalue weighted by atomic mass is 19.4. The molecule has 2 fully saturated rings. The van der Waals surface area contributed by atoms with E-state index in [1.807, 2.05) is 5.32 Å². The molecule has 42 heavy (non-hydrogen) atoms. The first-order valence-electron chi connectivity index (χ1n) is 13.7. The van der Waals surface area contributed by atoms with Crippen LogP contribution >= 0.6 is 0 Å². The number of amides is 3. The average Bonchev–Trinajstić information content (AvgIpc) is 3.66. The van der Waals surface area contributed by atoms with Crippen LogP contribution in [0.5, 0.6) is 0 Å². The SMILES string of the molecule is CCn1ncc(F)c1C(=O)N[C@H](c1nc2cc([C@@H](COC)N3C[C@@H](C(F)(F)F)NC3=O)ccc2o1)C1CCC(F)CC1. The van der Waals surface area contributed by atoms with Crippen molar-refractivity contribution in [1.29, 1.82) is 0 Å². The van der Waals surface area contributed by atoms with Crippen molar-refractivity contribution in [2.75, 3.05) is 20.3 Å². The lowest BCUT2D eigenvalue weighted by molar-refractivity contribution is -0.150. The summed E-state index contributed by atoms with van der Waals surface area (Å²) in [6.45, 7) is 1.32. The molecule has 2 aliphatic rings. The van der Waals surface area contributed by atoms with Crippen LogP contribution in [0.25, 0.3) is 11.1 Å². The van der Waals surface area contributed by atoms with Crippen molar-refractivity contribution in [3.8, 4) is 0 Å². The maximum absolute atomic E-state index is 14.5. The molecule has 0 unspecified atom stereocenters. The number of halogens is 5. The van der Waals surface area contributed by atoms with Gasteiger partial charge in [0.2, 0.25) is 5.89 Å². The normalized spacial score (nSPS) is 22.8. The Bertz CT molecular complexity index is 1430. The number of fused-ring (bicyclic) bond motifs is 1. The van der Waals surface area contributed by atoms with Gasteiger partial charge in [0.1, 0.15) is 23.8 Å². The van der Waals surface area contributed by atoms with E-state index in [4.69, 9.17) is 9.15 Å². The van der Waals surface area contributed by atoms with Crippen LogP contribution in [-0.4, -0.2) is 70.3 Å². The van der Waals surface area contributed by atoms with E-state index in [0.717, 1.165) is 11.1 Å². The minimum absolute atomic E-state index is 0.0734. The Balaban J connectivity index is 1.46.